The van der Waals surface area contributed by atoms with Gasteiger partial charge in [-0.2, -0.15) is 17.5 Å². The number of thioether (sulfide) groups is 1. The predicted molar refractivity (Wildman–Crippen MR) is 199 cm³/mol. The van der Waals surface area contributed by atoms with Crippen molar-refractivity contribution in [3.05, 3.63) is 100 Å². The molecule has 0 unspecified atom stereocenters. The molecule has 11 nitrogen and oxygen atoms in total. The molecule has 312 valence electrons. The van der Waals surface area contributed by atoms with E-state index in [2.05, 4.69) is 4.98 Å². The number of hydrogen-bond acceptors (Lipinski definition) is 8. The molecule has 0 aliphatic carbocycles. The number of quaternary nitrogens is 1. The van der Waals surface area contributed by atoms with Crippen LogP contribution >= 0.6 is 23.4 Å². The van der Waals surface area contributed by atoms with Gasteiger partial charge in [0.15, 0.2) is 5.16 Å². The Morgan fingerprint density at radius 1 is 1.04 bits per heavy atom. The number of halogens is 7. The number of aromatic nitrogens is 2. The van der Waals surface area contributed by atoms with Crippen LogP contribution in [0.4, 0.5) is 26.3 Å². The Morgan fingerprint density at radius 3 is 2.09 bits per heavy atom. The molecule has 0 aliphatic heterocycles. The fourth-order valence-electron chi connectivity index (χ4n) is 5.47. The molecule has 0 saturated heterocycles. The van der Waals surface area contributed by atoms with E-state index in [1.165, 1.54) is 19.2 Å². The summed E-state index contributed by atoms with van der Waals surface area (Å²) in [5.41, 5.74) is 0.948. The molecule has 4 rings (SSSR count). The Bertz CT molecular complexity index is 2150. The van der Waals surface area contributed by atoms with E-state index in [1.807, 2.05) is 41.1 Å². The van der Waals surface area contributed by atoms with Crippen LogP contribution in [0.25, 0.3) is 5.69 Å². The van der Waals surface area contributed by atoms with Gasteiger partial charge in [0.2, 0.25) is 10.0 Å². The SMILES string of the molecule is COc1cc(C(C)(C)c2cnc(SCc3c(F)cc(S(=O)(=O)N(C)[C@@H](CCC[N+](C)(C)C)C(=O)O)cc3F)n2-c2ccc(F)cc2)ccc1Cl.O=C([O-])C(F)(F)F. The van der Waals surface area contributed by atoms with Crippen molar-refractivity contribution < 1.29 is 63.8 Å². The molecule has 0 spiro atoms. The van der Waals surface area contributed by atoms with Crippen LogP contribution in [0.3, 0.4) is 0 Å². The minimum absolute atomic E-state index is 0.0192. The predicted octanol–water partition coefficient (Wildman–Crippen LogP) is 6.43. The molecule has 0 bridgehead atoms. The highest BCUT2D eigenvalue weighted by Crippen LogP contribution is 2.39. The van der Waals surface area contributed by atoms with Crippen LogP contribution < -0.4 is 9.84 Å². The molecule has 57 heavy (non-hydrogen) atoms. The zero-order valence-corrected chi connectivity index (χ0v) is 34.2. The van der Waals surface area contributed by atoms with Crippen LogP contribution in [-0.4, -0.2) is 97.9 Å². The summed E-state index contributed by atoms with van der Waals surface area (Å²) < 4.78 is 112. The van der Waals surface area contributed by atoms with Gasteiger partial charge in [0, 0.05) is 29.5 Å². The van der Waals surface area contributed by atoms with E-state index in [-0.39, 0.29) is 12.2 Å². The number of ether oxygens (including phenoxy) is 1. The number of carbonyl (C=O) groups is 2. The van der Waals surface area contributed by atoms with Crippen LogP contribution in [0.1, 0.15) is 43.5 Å². The smallest absolute Gasteiger partial charge is 0.430 e. The van der Waals surface area contributed by atoms with E-state index in [9.17, 15) is 35.9 Å². The maximum Gasteiger partial charge on any atom is 0.430 e. The van der Waals surface area contributed by atoms with Crippen molar-refractivity contribution in [2.75, 3.05) is 41.8 Å². The Balaban J connectivity index is 0.00000113. The van der Waals surface area contributed by atoms with Crippen molar-refractivity contribution in [3.8, 4) is 11.4 Å². The molecular weight excluding hydrogens is 826 g/mol. The Morgan fingerprint density at radius 2 is 1.60 bits per heavy atom. The minimum Gasteiger partial charge on any atom is -0.542 e. The quantitative estimate of drug-likeness (QED) is 0.0814. The number of nitrogens with zero attached hydrogens (tertiary/aromatic N) is 4. The summed E-state index contributed by atoms with van der Waals surface area (Å²) in [5, 5.41) is 19.3. The zero-order valence-electron chi connectivity index (χ0n) is 31.8. The molecule has 1 N–H and O–H groups in total. The van der Waals surface area contributed by atoms with Gasteiger partial charge in [-0.3, -0.25) is 9.36 Å². The molecule has 0 fully saturated rings. The molecule has 3 aromatic carbocycles. The van der Waals surface area contributed by atoms with Crippen molar-refractivity contribution in [3.63, 3.8) is 0 Å². The lowest BCUT2D eigenvalue weighted by molar-refractivity contribution is -0.870. The van der Waals surface area contributed by atoms with Crippen LogP contribution in [0.2, 0.25) is 5.02 Å². The van der Waals surface area contributed by atoms with Gasteiger partial charge >= 0.3 is 12.1 Å². The molecule has 0 amide bonds. The Kier molecular flexibility index (Phi) is 15.3. The van der Waals surface area contributed by atoms with Crippen molar-refractivity contribution in [1.29, 1.82) is 0 Å². The van der Waals surface area contributed by atoms with Gasteiger partial charge < -0.3 is 24.2 Å². The summed E-state index contributed by atoms with van der Waals surface area (Å²) in [7, 11) is 3.81. The van der Waals surface area contributed by atoms with Crippen molar-refractivity contribution in [2.24, 2.45) is 0 Å². The first kappa shape index (κ1) is 47.1. The van der Waals surface area contributed by atoms with E-state index in [4.69, 9.17) is 26.2 Å². The molecule has 20 heteroatoms. The third-order valence-corrected chi connectivity index (χ3v) is 11.9. The largest absolute Gasteiger partial charge is 0.542 e. The van der Waals surface area contributed by atoms with Gasteiger partial charge in [-0.25, -0.2) is 26.6 Å². The highest BCUT2D eigenvalue weighted by molar-refractivity contribution is 7.98. The second kappa shape index (κ2) is 18.5. The van der Waals surface area contributed by atoms with Gasteiger partial charge in [-0.1, -0.05) is 43.3 Å². The van der Waals surface area contributed by atoms with E-state index in [0.29, 0.717) is 61.2 Å². The summed E-state index contributed by atoms with van der Waals surface area (Å²) >= 11 is 7.27. The maximum absolute atomic E-state index is 15.5. The molecular formula is C37H41ClF6N4O7S2. The second-order valence-corrected chi connectivity index (χ2v) is 17.5. The number of sulfonamides is 1. The number of alkyl halides is 3. The number of hydrogen-bond donors (Lipinski definition) is 1. The van der Waals surface area contributed by atoms with Gasteiger partial charge in [-0.05, 0) is 66.9 Å². The highest BCUT2D eigenvalue weighted by Gasteiger charge is 2.35. The molecule has 1 atom stereocenters. The van der Waals surface area contributed by atoms with E-state index in [0.717, 1.165) is 24.4 Å². The molecule has 4 aromatic rings. The van der Waals surface area contributed by atoms with Crippen molar-refractivity contribution in [1.82, 2.24) is 13.9 Å². The van der Waals surface area contributed by atoms with E-state index >= 15 is 8.78 Å². The first-order valence-corrected chi connectivity index (χ1v) is 19.6. The average molecular weight is 867 g/mol. The number of carboxylic acids is 2. The van der Waals surface area contributed by atoms with E-state index in [1.54, 1.807) is 35.0 Å². The van der Waals surface area contributed by atoms with Crippen LogP contribution in [-0.2, 0) is 30.8 Å². The van der Waals surface area contributed by atoms with Gasteiger partial charge in [-0.15, -0.1) is 0 Å². The number of carbonyl (C=O) groups excluding carboxylic acids is 1. The molecule has 1 aromatic heterocycles. The summed E-state index contributed by atoms with van der Waals surface area (Å²) in [6, 6.07) is 11.0. The monoisotopic (exact) mass is 866 g/mol. The number of benzene rings is 3. The van der Waals surface area contributed by atoms with Gasteiger partial charge in [0.05, 0.1) is 56.6 Å². The first-order chi connectivity index (χ1) is 26.2. The maximum atomic E-state index is 15.5. The summed E-state index contributed by atoms with van der Waals surface area (Å²) in [6.07, 6.45) is -3.13. The minimum atomic E-state index is -5.19. The van der Waals surface area contributed by atoms with E-state index < -0.39 is 67.5 Å². The third-order valence-electron chi connectivity index (χ3n) is 8.73. The van der Waals surface area contributed by atoms with Crippen LogP contribution in [0.5, 0.6) is 5.75 Å². The van der Waals surface area contributed by atoms with Crippen molar-refractivity contribution >= 4 is 45.3 Å². The lowest BCUT2D eigenvalue weighted by atomic mass is 9.81. The fourth-order valence-corrected chi connectivity index (χ4v) is 8.04. The molecule has 1 heterocycles. The normalized spacial score (nSPS) is 12.9. The fraction of sp³-hybridized carbons (Fsp3) is 0.378. The van der Waals surface area contributed by atoms with Crippen LogP contribution in [0.15, 0.2) is 70.8 Å². The highest BCUT2D eigenvalue weighted by atomic mass is 35.5. The second-order valence-electron chi connectivity index (χ2n) is 14.2. The average Bonchev–Trinajstić information content (AvgIpc) is 3.54. The molecule has 0 saturated carbocycles. The lowest BCUT2D eigenvalue weighted by Gasteiger charge is -2.28. The summed E-state index contributed by atoms with van der Waals surface area (Å²) in [5.74, 6) is -6.85. The van der Waals surface area contributed by atoms with Gasteiger partial charge in [0.1, 0.15) is 35.2 Å². The summed E-state index contributed by atoms with van der Waals surface area (Å²) in [6.45, 7) is 4.51. The van der Waals surface area contributed by atoms with Crippen molar-refractivity contribution in [2.45, 2.75) is 60.1 Å². The summed E-state index contributed by atoms with van der Waals surface area (Å²) in [4.78, 5) is 24.7. The topological polar surface area (TPSA) is 142 Å². The number of rotatable bonds is 15. The zero-order chi connectivity index (χ0) is 43.3. The molecule has 0 aliphatic rings. The standard InChI is InChI=1S/C35H40ClF3N4O5S2.C2HF3O2/c1-35(2,22-10-15-27(36)31(17-22)48-7)32-20-40-34(42(32)24-13-11-23(37)12-14-24)49-21-26-28(38)18-25(19-29(26)39)50(46,47)41(3)30(33(44)45)9-8-16-43(4,5)6;3-2(4,5)1(6)7/h10-15,17-20,30H,8-9,16,21H2,1-7H3;(H,6,7)/t30-;/m0./s1. The molecule has 0 radical (unpaired) electrons. The number of carboxylic acid groups (broad SMARTS) is 2. The Hall–Kier alpha value is -4.30. The Labute approximate surface area is 335 Å². The van der Waals surface area contributed by atoms with Gasteiger partial charge in [0.25, 0.3) is 0 Å². The number of aliphatic carboxylic acids is 2. The van der Waals surface area contributed by atoms with Crippen LogP contribution in [0, 0.1) is 17.5 Å². The lowest BCUT2D eigenvalue weighted by Crippen LogP contribution is -2.43. The first-order valence-electron chi connectivity index (χ1n) is 16.8. The third kappa shape index (κ3) is 11.9. The number of methoxy groups -OCH3 is 1. The number of likely N-dealkylation sites (N-methyl/N-ethyl adjacent to an activating group) is 1. The number of imidazole rings is 1.